The minimum absolute atomic E-state index is 0.141. The Kier molecular flexibility index (Phi) is 47.0. The number of amides is 1. The number of nitrogens with one attached hydrogen (secondary N) is 1. The average Bonchev–Trinajstić information content (AvgIpc) is 3.22. The standard InChI is InChI=1S/C52H103NO4/c1-3-5-7-9-11-13-15-17-19-20-21-22-23-24-25-26-27-28-29-30-31-33-35-37-39-41-43-45-47-51(56)53-49(48-54)52(57)50(55)46-44-42-40-38-36-34-32-18-16-14-12-10-8-6-4-2/h24-25,49-50,52,54-55,57H,3-23,26-48H2,1-2H3,(H,53,56)/b25-24-. The fraction of sp³-hybridized carbons (Fsp3) is 0.942. The van der Waals surface area contributed by atoms with Crippen LogP contribution in [0.25, 0.3) is 0 Å². The number of aliphatic hydroxyl groups excluding tert-OH is 3. The number of hydrogen-bond acceptors (Lipinski definition) is 4. The van der Waals surface area contributed by atoms with Crippen LogP contribution >= 0.6 is 0 Å². The van der Waals surface area contributed by atoms with Crippen LogP contribution in [-0.4, -0.2) is 46.1 Å². The molecule has 0 aromatic carbocycles. The van der Waals surface area contributed by atoms with Gasteiger partial charge < -0.3 is 20.6 Å². The number of aliphatic hydroxyl groups is 3. The van der Waals surface area contributed by atoms with Crippen LogP contribution < -0.4 is 5.32 Å². The van der Waals surface area contributed by atoms with E-state index in [1.807, 2.05) is 0 Å². The van der Waals surface area contributed by atoms with Gasteiger partial charge in [-0.2, -0.15) is 0 Å². The minimum atomic E-state index is -1.13. The Bertz CT molecular complexity index is 803. The molecule has 0 aromatic heterocycles. The maximum atomic E-state index is 12.5. The fourth-order valence-electron chi connectivity index (χ4n) is 8.34. The van der Waals surface area contributed by atoms with Crippen molar-refractivity contribution in [3.63, 3.8) is 0 Å². The second-order valence-corrected chi connectivity index (χ2v) is 18.1. The molecule has 0 radical (unpaired) electrons. The highest BCUT2D eigenvalue weighted by Gasteiger charge is 2.26. The summed E-state index contributed by atoms with van der Waals surface area (Å²) in [7, 11) is 0. The molecule has 0 bridgehead atoms. The lowest BCUT2D eigenvalue weighted by Gasteiger charge is -2.26. The van der Waals surface area contributed by atoms with Crippen LogP contribution in [0, 0.1) is 0 Å². The molecule has 1 amide bonds. The van der Waals surface area contributed by atoms with Crippen molar-refractivity contribution in [3.05, 3.63) is 12.2 Å². The van der Waals surface area contributed by atoms with Gasteiger partial charge in [-0.15, -0.1) is 0 Å². The Balaban J connectivity index is 3.51. The maximum absolute atomic E-state index is 12.5. The molecular formula is C52H103NO4. The molecule has 0 rings (SSSR count). The van der Waals surface area contributed by atoms with E-state index in [4.69, 9.17) is 0 Å². The van der Waals surface area contributed by atoms with E-state index in [1.54, 1.807) is 0 Å². The molecule has 57 heavy (non-hydrogen) atoms. The molecule has 0 aliphatic rings. The Labute approximate surface area is 357 Å². The monoisotopic (exact) mass is 806 g/mol. The first-order chi connectivity index (χ1) is 28.1. The van der Waals surface area contributed by atoms with Gasteiger partial charge in [-0.05, 0) is 38.5 Å². The van der Waals surface area contributed by atoms with Gasteiger partial charge in [0.25, 0.3) is 0 Å². The first-order valence-corrected chi connectivity index (χ1v) is 26.0. The van der Waals surface area contributed by atoms with Crippen LogP contribution in [0.15, 0.2) is 12.2 Å². The van der Waals surface area contributed by atoms with E-state index in [9.17, 15) is 20.1 Å². The van der Waals surface area contributed by atoms with Gasteiger partial charge in [-0.25, -0.2) is 0 Å². The van der Waals surface area contributed by atoms with E-state index < -0.39 is 18.2 Å². The summed E-state index contributed by atoms with van der Waals surface area (Å²) in [5.41, 5.74) is 0. The van der Waals surface area contributed by atoms with Gasteiger partial charge in [0.2, 0.25) is 5.91 Å². The molecular weight excluding hydrogens is 703 g/mol. The SMILES string of the molecule is CCCCCCCCCCCCCC/C=C\CCCCCCCCCCCCCCC(=O)NC(CO)C(O)C(O)CCCCCCCCCCCCCCCCC. The predicted octanol–water partition coefficient (Wildman–Crippen LogP) is 15.6. The molecule has 3 unspecified atom stereocenters. The Morgan fingerprint density at radius 2 is 0.702 bits per heavy atom. The summed E-state index contributed by atoms with van der Waals surface area (Å²) in [4.78, 5) is 12.5. The van der Waals surface area contributed by atoms with Gasteiger partial charge >= 0.3 is 0 Å². The van der Waals surface area contributed by atoms with Crippen molar-refractivity contribution in [3.8, 4) is 0 Å². The Morgan fingerprint density at radius 1 is 0.421 bits per heavy atom. The van der Waals surface area contributed by atoms with Crippen LogP contribution in [0.2, 0.25) is 0 Å². The fourth-order valence-corrected chi connectivity index (χ4v) is 8.34. The molecule has 0 spiro atoms. The summed E-state index contributed by atoms with van der Waals surface area (Å²) in [6, 6.07) is -0.806. The molecule has 0 saturated carbocycles. The molecule has 340 valence electrons. The highest BCUT2D eigenvalue weighted by molar-refractivity contribution is 5.76. The quantitative estimate of drug-likeness (QED) is 0.0364. The molecule has 5 nitrogen and oxygen atoms in total. The van der Waals surface area contributed by atoms with Crippen LogP contribution in [-0.2, 0) is 4.79 Å². The summed E-state index contributed by atoms with van der Waals surface area (Å²) in [6.45, 7) is 4.21. The van der Waals surface area contributed by atoms with Crippen LogP contribution in [0.1, 0.15) is 290 Å². The van der Waals surface area contributed by atoms with E-state index in [0.717, 1.165) is 32.1 Å². The van der Waals surface area contributed by atoms with Crippen molar-refractivity contribution >= 4 is 5.91 Å². The highest BCUT2D eigenvalue weighted by atomic mass is 16.3. The van der Waals surface area contributed by atoms with Crippen molar-refractivity contribution in [2.75, 3.05) is 6.61 Å². The minimum Gasteiger partial charge on any atom is -0.394 e. The number of carbonyl (C=O) groups is 1. The largest absolute Gasteiger partial charge is 0.394 e. The molecule has 3 atom stereocenters. The van der Waals surface area contributed by atoms with Crippen LogP contribution in [0.4, 0.5) is 0 Å². The second-order valence-electron chi connectivity index (χ2n) is 18.1. The summed E-state index contributed by atoms with van der Waals surface area (Å²) in [5, 5.41) is 33.7. The number of hydrogen-bond donors (Lipinski definition) is 4. The molecule has 4 N–H and O–H groups in total. The van der Waals surface area contributed by atoms with E-state index in [1.165, 1.54) is 231 Å². The lowest BCUT2D eigenvalue weighted by atomic mass is 9.99. The lowest BCUT2D eigenvalue weighted by molar-refractivity contribution is -0.124. The van der Waals surface area contributed by atoms with E-state index in [0.29, 0.717) is 12.8 Å². The van der Waals surface area contributed by atoms with Gasteiger partial charge in [0.15, 0.2) is 0 Å². The van der Waals surface area contributed by atoms with Gasteiger partial charge in [0.05, 0.1) is 18.8 Å². The molecule has 0 aliphatic carbocycles. The Hall–Kier alpha value is -0.910. The number of rotatable bonds is 48. The highest BCUT2D eigenvalue weighted by Crippen LogP contribution is 2.17. The molecule has 0 aliphatic heterocycles. The maximum Gasteiger partial charge on any atom is 0.220 e. The van der Waals surface area contributed by atoms with Crippen molar-refractivity contribution in [1.82, 2.24) is 5.32 Å². The molecule has 0 aromatic rings. The molecule has 5 heteroatoms. The summed E-state index contributed by atoms with van der Waals surface area (Å²) in [6.07, 6.45) is 57.8. The zero-order chi connectivity index (χ0) is 41.5. The van der Waals surface area contributed by atoms with E-state index in [2.05, 4.69) is 31.3 Å². The van der Waals surface area contributed by atoms with Crippen molar-refractivity contribution < 1.29 is 20.1 Å². The summed E-state index contributed by atoms with van der Waals surface area (Å²) in [5.74, 6) is -0.141. The zero-order valence-corrected chi connectivity index (χ0v) is 38.7. The average molecular weight is 806 g/mol. The van der Waals surface area contributed by atoms with Crippen LogP contribution in [0.3, 0.4) is 0 Å². The van der Waals surface area contributed by atoms with Gasteiger partial charge in [0, 0.05) is 6.42 Å². The smallest absolute Gasteiger partial charge is 0.220 e. The normalized spacial score (nSPS) is 13.4. The third-order valence-corrected chi connectivity index (χ3v) is 12.4. The third kappa shape index (κ3) is 43.0. The third-order valence-electron chi connectivity index (χ3n) is 12.4. The number of carbonyl (C=O) groups excluding carboxylic acids is 1. The summed E-state index contributed by atoms with van der Waals surface area (Å²) >= 11 is 0. The van der Waals surface area contributed by atoms with Crippen molar-refractivity contribution in [2.24, 2.45) is 0 Å². The molecule has 0 saturated heterocycles. The van der Waals surface area contributed by atoms with Crippen LogP contribution in [0.5, 0.6) is 0 Å². The topological polar surface area (TPSA) is 89.8 Å². The predicted molar refractivity (Wildman–Crippen MR) is 250 cm³/mol. The number of allylic oxidation sites excluding steroid dienone is 2. The van der Waals surface area contributed by atoms with Gasteiger partial charge in [-0.3, -0.25) is 4.79 Å². The second kappa shape index (κ2) is 47.8. The van der Waals surface area contributed by atoms with Gasteiger partial charge in [-0.1, -0.05) is 257 Å². The first kappa shape index (κ1) is 56.1. The zero-order valence-electron chi connectivity index (χ0n) is 38.7. The first-order valence-electron chi connectivity index (χ1n) is 26.0. The molecule has 0 fully saturated rings. The molecule has 0 heterocycles. The summed E-state index contributed by atoms with van der Waals surface area (Å²) < 4.78 is 0. The van der Waals surface area contributed by atoms with Crippen molar-refractivity contribution in [1.29, 1.82) is 0 Å². The van der Waals surface area contributed by atoms with E-state index >= 15 is 0 Å². The van der Waals surface area contributed by atoms with Gasteiger partial charge in [0.1, 0.15) is 6.10 Å². The Morgan fingerprint density at radius 3 is 1.02 bits per heavy atom. The lowest BCUT2D eigenvalue weighted by Crippen LogP contribution is -2.50. The van der Waals surface area contributed by atoms with E-state index in [-0.39, 0.29) is 12.5 Å². The van der Waals surface area contributed by atoms with Crippen molar-refractivity contribution in [2.45, 2.75) is 308 Å². The number of unbranched alkanes of at least 4 members (excludes halogenated alkanes) is 38.